The first kappa shape index (κ1) is 13.9. The lowest BCUT2D eigenvalue weighted by Gasteiger charge is -2.22. The fourth-order valence-corrected chi connectivity index (χ4v) is 1.52. The second-order valence-corrected chi connectivity index (χ2v) is 3.39. The Hall–Kier alpha value is -2.15. The van der Waals surface area contributed by atoms with E-state index in [2.05, 4.69) is 0 Å². The largest absolute Gasteiger partial charge is 0.496 e. The predicted octanol–water partition coefficient (Wildman–Crippen LogP) is 0.732. The van der Waals surface area contributed by atoms with Crippen LogP contribution in [0.25, 0.3) is 0 Å². The first-order valence-corrected chi connectivity index (χ1v) is 5.13. The summed E-state index contributed by atoms with van der Waals surface area (Å²) in [6, 6.07) is 2.81. The Labute approximate surface area is 105 Å². The monoisotopic (exact) mass is 255 g/mol. The van der Waals surface area contributed by atoms with Gasteiger partial charge in [0.05, 0.1) is 21.3 Å². The molecule has 7 nitrogen and oxygen atoms in total. The summed E-state index contributed by atoms with van der Waals surface area (Å²) in [6.07, 6.45) is 0. The lowest BCUT2D eigenvalue weighted by Crippen LogP contribution is -2.41. The zero-order chi connectivity index (χ0) is 13.7. The number of benzene rings is 1. The molecule has 18 heavy (non-hydrogen) atoms. The molecule has 1 aromatic carbocycles. The van der Waals surface area contributed by atoms with Gasteiger partial charge in [-0.1, -0.05) is 0 Å². The molecule has 0 spiro atoms. The molecule has 0 fully saturated rings. The first-order chi connectivity index (χ1) is 8.58. The van der Waals surface area contributed by atoms with Crippen molar-refractivity contribution in [2.75, 3.05) is 33.3 Å². The number of nitrogens with two attached hydrogens (primary N) is 1. The van der Waals surface area contributed by atoms with Crippen molar-refractivity contribution in [3.8, 4) is 17.2 Å². The number of rotatable bonds is 4. The van der Waals surface area contributed by atoms with Crippen LogP contribution < -0.4 is 30.4 Å². The molecular formula is C11H17N3O4. The van der Waals surface area contributed by atoms with E-state index in [9.17, 15) is 4.79 Å². The molecule has 0 saturated carbocycles. The van der Waals surface area contributed by atoms with Crippen LogP contribution in [0.1, 0.15) is 0 Å². The van der Waals surface area contributed by atoms with Gasteiger partial charge in [0.1, 0.15) is 22.9 Å². The highest BCUT2D eigenvalue weighted by atomic mass is 16.5. The Morgan fingerprint density at radius 3 is 2.00 bits per heavy atom. The molecule has 2 amide bonds. The van der Waals surface area contributed by atoms with E-state index in [1.54, 1.807) is 19.2 Å². The van der Waals surface area contributed by atoms with Crippen LogP contribution in [0.5, 0.6) is 17.2 Å². The Bertz CT molecular complexity index is 411. The van der Waals surface area contributed by atoms with Gasteiger partial charge in [0, 0.05) is 19.2 Å². The Morgan fingerprint density at radius 1 is 1.17 bits per heavy atom. The third kappa shape index (κ3) is 2.57. The minimum absolute atomic E-state index is 0.442. The average molecular weight is 255 g/mol. The van der Waals surface area contributed by atoms with E-state index >= 15 is 0 Å². The van der Waals surface area contributed by atoms with Crippen LogP contribution in [0.15, 0.2) is 12.1 Å². The molecule has 1 aromatic rings. The van der Waals surface area contributed by atoms with Gasteiger partial charge in [0.15, 0.2) is 0 Å². The summed E-state index contributed by atoms with van der Waals surface area (Å²) in [6.45, 7) is 0. The van der Waals surface area contributed by atoms with E-state index in [1.165, 1.54) is 26.2 Å². The smallest absolute Gasteiger partial charge is 0.335 e. The number of ether oxygens (including phenoxy) is 3. The molecule has 0 aliphatic carbocycles. The zero-order valence-corrected chi connectivity index (χ0v) is 10.8. The van der Waals surface area contributed by atoms with Crippen LogP contribution in [0.3, 0.4) is 0 Å². The topological polar surface area (TPSA) is 86.1 Å². The lowest BCUT2D eigenvalue weighted by molar-refractivity contribution is 0.247. The van der Waals surface area contributed by atoms with Gasteiger partial charge >= 0.3 is 6.03 Å². The highest BCUT2D eigenvalue weighted by molar-refractivity contribution is 5.95. The Kier molecular flexibility index (Phi) is 4.61. The maximum atomic E-state index is 11.6. The van der Waals surface area contributed by atoms with Gasteiger partial charge in [0.25, 0.3) is 0 Å². The molecule has 0 aliphatic heterocycles. The fraction of sp³-hybridized carbons (Fsp3) is 0.364. The van der Waals surface area contributed by atoms with Gasteiger partial charge in [-0.25, -0.2) is 10.6 Å². The second kappa shape index (κ2) is 5.97. The van der Waals surface area contributed by atoms with Crippen molar-refractivity contribution >= 4 is 11.7 Å². The molecule has 0 radical (unpaired) electrons. The molecule has 0 aliphatic rings. The number of nitrogens with zero attached hydrogens (tertiary/aromatic N) is 1. The van der Waals surface area contributed by atoms with Crippen molar-refractivity contribution in [2.24, 2.45) is 5.84 Å². The van der Waals surface area contributed by atoms with Crippen molar-refractivity contribution in [3.63, 3.8) is 0 Å². The SMILES string of the molecule is COc1cc(OC)c(N(C)C(=O)NN)c(OC)c1. The Balaban J connectivity index is 3.35. The number of urea groups is 1. The molecule has 7 heteroatoms. The van der Waals surface area contributed by atoms with Crippen molar-refractivity contribution < 1.29 is 19.0 Å². The number of anilines is 1. The number of methoxy groups -OCH3 is 3. The van der Waals surface area contributed by atoms with Crippen molar-refractivity contribution in [1.29, 1.82) is 0 Å². The third-order valence-corrected chi connectivity index (χ3v) is 2.45. The van der Waals surface area contributed by atoms with Crippen LogP contribution in [-0.2, 0) is 0 Å². The van der Waals surface area contributed by atoms with Crippen LogP contribution >= 0.6 is 0 Å². The van der Waals surface area contributed by atoms with Crippen molar-refractivity contribution in [1.82, 2.24) is 5.43 Å². The number of amides is 2. The predicted molar refractivity (Wildman–Crippen MR) is 67.2 cm³/mol. The number of hydrazine groups is 1. The molecule has 0 heterocycles. The number of hydrogen-bond acceptors (Lipinski definition) is 5. The fourth-order valence-electron chi connectivity index (χ4n) is 1.52. The molecule has 0 unspecified atom stereocenters. The van der Waals surface area contributed by atoms with Crippen LogP contribution in [0.4, 0.5) is 10.5 Å². The van der Waals surface area contributed by atoms with Crippen LogP contribution in [-0.4, -0.2) is 34.4 Å². The summed E-state index contributed by atoms with van der Waals surface area (Å²) in [7, 11) is 6.07. The molecular weight excluding hydrogens is 238 g/mol. The molecule has 1 rings (SSSR count). The number of nitrogens with one attached hydrogen (secondary N) is 1. The molecule has 100 valence electrons. The van der Waals surface area contributed by atoms with Gasteiger partial charge in [-0.05, 0) is 0 Å². The van der Waals surface area contributed by atoms with Gasteiger partial charge in [-0.15, -0.1) is 0 Å². The summed E-state index contributed by atoms with van der Waals surface area (Å²) >= 11 is 0. The van der Waals surface area contributed by atoms with Crippen molar-refractivity contribution in [2.45, 2.75) is 0 Å². The van der Waals surface area contributed by atoms with Gasteiger partial charge in [-0.3, -0.25) is 10.3 Å². The highest BCUT2D eigenvalue weighted by Gasteiger charge is 2.21. The summed E-state index contributed by atoms with van der Waals surface area (Å²) in [4.78, 5) is 12.8. The lowest BCUT2D eigenvalue weighted by atomic mass is 10.2. The standard InChI is InChI=1S/C11H17N3O4/c1-14(11(15)13-12)10-8(17-3)5-7(16-2)6-9(10)18-4/h5-6H,12H2,1-4H3,(H,13,15). The molecule has 0 bridgehead atoms. The maximum Gasteiger partial charge on any atom is 0.335 e. The van der Waals surface area contributed by atoms with E-state index in [0.29, 0.717) is 22.9 Å². The summed E-state index contributed by atoms with van der Waals surface area (Å²) in [5.74, 6) is 6.55. The van der Waals surface area contributed by atoms with Crippen LogP contribution in [0.2, 0.25) is 0 Å². The van der Waals surface area contributed by atoms with Gasteiger partial charge in [-0.2, -0.15) is 0 Å². The van der Waals surface area contributed by atoms with E-state index in [-0.39, 0.29) is 0 Å². The van der Waals surface area contributed by atoms with Gasteiger partial charge < -0.3 is 14.2 Å². The summed E-state index contributed by atoms with van der Waals surface area (Å²) in [5, 5.41) is 0. The zero-order valence-electron chi connectivity index (χ0n) is 10.8. The molecule has 0 atom stereocenters. The minimum Gasteiger partial charge on any atom is -0.496 e. The van der Waals surface area contributed by atoms with Gasteiger partial charge in [0.2, 0.25) is 0 Å². The first-order valence-electron chi connectivity index (χ1n) is 5.13. The van der Waals surface area contributed by atoms with Crippen molar-refractivity contribution in [3.05, 3.63) is 12.1 Å². The minimum atomic E-state index is -0.489. The van der Waals surface area contributed by atoms with E-state index in [1.807, 2.05) is 5.43 Å². The summed E-state index contributed by atoms with van der Waals surface area (Å²) < 4.78 is 15.6. The molecule has 3 N–H and O–H groups in total. The number of carbonyl (C=O) groups is 1. The van der Waals surface area contributed by atoms with E-state index < -0.39 is 6.03 Å². The highest BCUT2D eigenvalue weighted by Crippen LogP contribution is 2.40. The normalized spacial score (nSPS) is 9.61. The maximum absolute atomic E-state index is 11.6. The second-order valence-electron chi connectivity index (χ2n) is 3.39. The third-order valence-electron chi connectivity index (χ3n) is 2.45. The molecule has 0 aromatic heterocycles. The summed E-state index contributed by atoms with van der Waals surface area (Å²) in [5.41, 5.74) is 2.50. The Morgan fingerprint density at radius 2 is 1.67 bits per heavy atom. The van der Waals surface area contributed by atoms with E-state index in [4.69, 9.17) is 20.1 Å². The quantitative estimate of drug-likeness (QED) is 0.470. The number of hydrogen-bond donors (Lipinski definition) is 2. The number of carbonyl (C=O) groups excluding carboxylic acids is 1. The van der Waals surface area contributed by atoms with Crippen LogP contribution in [0, 0.1) is 0 Å². The van der Waals surface area contributed by atoms with E-state index in [0.717, 1.165) is 0 Å². The average Bonchev–Trinajstić information content (AvgIpc) is 2.43. The molecule has 0 saturated heterocycles.